The summed E-state index contributed by atoms with van der Waals surface area (Å²) in [5.41, 5.74) is 0. The fourth-order valence-corrected chi connectivity index (χ4v) is 4.34. The summed E-state index contributed by atoms with van der Waals surface area (Å²) in [6.45, 7) is 0. The maximum Gasteiger partial charge on any atom is 0.231 e. The van der Waals surface area contributed by atoms with Crippen molar-refractivity contribution in [2.45, 2.75) is 11.7 Å². The van der Waals surface area contributed by atoms with Crippen LogP contribution in [0.4, 0.5) is 0 Å². The summed E-state index contributed by atoms with van der Waals surface area (Å²) >= 11 is 1.67. The van der Waals surface area contributed by atoms with Gasteiger partial charge >= 0.3 is 0 Å². The minimum Gasteiger partial charge on any atom is -0.299 e. The normalized spacial score (nSPS) is 45.3. The molecule has 3 aliphatic heterocycles. The van der Waals surface area contributed by atoms with Crippen LogP contribution < -0.4 is 5.32 Å². The van der Waals surface area contributed by atoms with Crippen LogP contribution in [0, 0.1) is 17.8 Å². The fraction of sp³-hybridized carbons (Fsp3) is 0.667. The molecule has 4 rings (SSSR count). The highest BCUT2D eigenvalue weighted by molar-refractivity contribution is 8.00. The van der Waals surface area contributed by atoms with E-state index in [1.165, 1.54) is 0 Å². The van der Waals surface area contributed by atoms with Crippen LogP contribution in [0.15, 0.2) is 0 Å². The Morgan fingerprint density at radius 1 is 1.14 bits per heavy atom. The van der Waals surface area contributed by atoms with Crippen molar-refractivity contribution in [1.82, 2.24) is 5.32 Å². The zero-order valence-electron chi connectivity index (χ0n) is 7.36. The van der Waals surface area contributed by atoms with Crippen LogP contribution in [0.2, 0.25) is 0 Å². The van der Waals surface area contributed by atoms with Gasteiger partial charge in [0.1, 0.15) is 5.78 Å². The van der Waals surface area contributed by atoms with Crippen LogP contribution in [-0.4, -0.2) is 28.6 Å². The summed E-state index contributed by atoms with van der Waals surface area (Å²) in [5.74, 6) is -0.316. The second-order valence-corrected chi connectivity index (χ2v) is 5.33. The van der Waals surface area contributed by atoms with Crippen LogP contribution in [-0.2, 0) is 14.4 Å². The Kier molecular flexibility index (Phi) is 1.57. The molecule has 1 aliphatic carbocycles. The predicted molar refractivity (Wildman–Crippen MR) is 49.5 cm³/mol. The number of nitrogens with one attached hydrogen (secondary N) is 1. The Balaban J connectivity index is 2.04. The van der Waals surface area contributed by atoms with Gasteiger partial charge in [0.15, 0.2) is 0 Å². The highest BCUT2D eigenvalue weighted by atomic mass is 32.2. The molecule has 0 aromatic heterocycles. The average molecular weight is 211 g/mol. The number of fused-ring (bicyclic) bond motifs is 2. The van der Waals surface area contributed by atoms with E-state index in [9.17, 15) is 14.4 Å². The average Bonchev–Trinajstić information content (AvgIpc) is 2.45. The molecular weight excluding hydrogens is 202 g/mol. The Bertz CT molecular complexity index is 354. The van der Waals surface area contributed by atoms with E-state index in [1.54, 1.807) is 11.8 Å². The second-order valence-electron chi connectivity index (χ2n) is 4.05. The van der Waals surface area contributed by atoms with Gasteiger partial charge < -0.3 is 0 Å². The molecule has 1 saturated carbocycles. The van der Waals surface area contributed by atoms with Crippen LogP contribution in [0.5, 0.6) is 0 Å². The van der Waals surface area contributed by atoms with E-state index in [1.807, 2.05) is 0 Å². The molecule has 74 valence electrons. The van der Waals surface area contributed by atoms with Gasteiger partial charge in [-0.25, -0.2) is 0 Å². The first kappa shape index (κ1) is 8.47. The number of hydrogen-bond donors (Lipinski definition) is 1. The Labute approximate surface area is 84.8 Å². The minimum atomic E-state index is -0.352. The maximum atomic E-state index is 11.5. The predicted octanol–water partition coefficient (Wildman–Crippen LogP) is -0.420. The van der Waals surface area contributed by atoms with Gasteiger partial charge in [0.05, 0.1) is 11.8 Å². The van der Waals surface area contributed by atoms with Crippen molar-refractivity contribution in [3.05, 3.63) is 0 Å². The third kappa shape index (κ3) is 0.881. The fourth-order valence-electron chi connectivity index (χ4n) is 2.71. The lowest BCUT2D eigenvalue weighted by atomic mass is 9.72. The number of rotatable bonds is 0. The lowest BCUT2D eigenvalue weighted by Crippen LogP contribution is -2.49. The highest BCUT2D eigenvalue weighted by Gasteiger charge is 2.58. The summed E-state index contributed by atoms with van der Waals surface area (Å²) in [7, 11) is 0. The molecule has 0 aromatic carbocycles. The Morgan fingerprint density at radius 3 is 2.57 bits per heavy atom. The van der Waals surface area contributed by atoms with E-state index < -0.39 is 0 Å². The molecule has 14 heavy (non-hydrogen) atoms. The standard InChI is InChI=1S/C9H9NO3S/c11-4-1-5-7-6(3(4)2-14-5)8(12)10-9(7)13/h3,5-7H,1-2H2,(H,10,12,13). The number of carbonyl (C=O) groups is 3. The van der Waals surface area contributed by atoms with Crippen molar-refractivity contribution in [3.8, 4) is 0 Å². The molecule has 2 amide bonds. The smallest absolute Gasteiger partial charge is 0.231 e. The van der Waals surface area contributed by atoms with Gasteiger partial charge in [0.25, 0.3) is 0 Å². The lowest BCUT2D eigenvalue weighted by molar-refractivity contribution is -0.135. The first-order valence-corrected chi connectivity index (χ1v) is 5.72. The molecule has 0 aromatic rings. The molecule has 3 heterocycles. The van der Waals surface area contributed by atoms with E-state index in [0.717, 1.165) is 0 Å². The highest BCUT2D eigenvalue weighted by Crippen LogP contribution is 2.48. The second kappa shape index (κ2) is 2.59. The molecule has 3 saturated heterocycles. The Morgan fingerprint density at radius 2 is 1.86 bits per heavy atom. The monoisotopic (exact) mass is 211 g/mol. The zero-order valence-corrected chi connectivity index (χ0v) is 8.17. The van der Waals surface area contributed by atoms with Crippen LogP contribution in [0.3, 0.4) is 0 Å². The summed E-state index contributed by atoms with van der Waals surface area (Å²) in [4.78, 5) is 34.5. The van der Waals surface area contributed by atoms with Crippen molar-refractivity contribution in [2.24, 2.45) is 17.8 Å². The van der Waals surface area contributed by atoms with Crippen LogP contribution in [0.1, 0.15) is 6.42 Å². The molecule has 4 nitrogen and oxygen atoms in total. The number of amides is 2. The van der Waals surface area contributed by atoms with E-state index in [0.29, 0.717) is 12.2 Å². The molecule has 0 spiro atoms. The number of Topliss-reactive ketones (excluding diaryl/α,β-unsaturated/α-hetero) is 1. The molecule has 0 radical (unpaired) electrons. The molecular formula is C9H9NO3S. The Hall–Kier alpha value is -0.840. The van der Waals surface area contributed by atoms with Crippen molar-refractivity contribution in [1.29, 1.82) is 0 Å². The van der Waals surface area contributed by atoms with Crippen LogP contribution in [0.25, 0.3) is 0 Å². The minimum absolute atomic E-state index is 0.0453. The summed E-state index contributed by atoms with van der Waals surface area (Å²) in [6, 6.07) is 0. The molecule has 4 atom stereocenters. The van der Waals surface area contributed by atoms with Gasteiger partial charge in [-0.2, -0.15) is 11.8 Å². The lowest BCUT2D eigenvalue weighted by Gasteiger charge is -2.40. The van der Waals surface area contributed by atoms with Gasteiger partial charge in [-0.05, 0) is 0 Å². The van der Waals surface area contributed by atoms with Gasteiger partial charge in [-0.3, -0.25) is 19.7 Å². The summed E-state index contributed by atoms with van der Waals surface area (Å²) in [6.07, 6.45) is 0.469. The number of carbonyl (C=O) groups excluding carboxylic acids is 3. The third-order valence-electron chi connectivity index (χ3n) is 3.38. The van der Waals surface area contributed by atoms with E-state index in [-0.39, 0.29) is 40.6 Å². The van der Waals surface area contributed by atoms with Crippen molar-refractivity contribution in [3.63, 3.8) is 0 Å². The number of thioether (sulfide) groups is 1. The topological polar surface area (TPSA) is 63.2 Å². The van der Waals surface area contributed by atoms with Gasteiger partial charge in [0, 0.05) is 23.3 Å². The van der Waals surface area contributed by atoms with Gasteiger partial charge in [-0.1, -0.05) is 0 Å². The molecule has 4 fully saturated rings. The third-order valence-corrected chi connectivity index (χ3v) is 4.82. The largest absolute Gasteiger partial charge is 0.299 e. The quantitative estimate of drug-likeness (QED) is 0.553. The van der Waals surface area contributed by atoms with E-state index >= 15 is 0 Å². The van der Waals surface area contributed by atoms with E-state index in [2.05, 4.69) is 5.32 Å². The molecule has 4 unspecified atom stereocenters. The SMILES string of the molecule is O=C1CC2SCC1C1C(=O)NC(=O)C21. The first-order valence-electron chi connectivity index (χ1n) is 4.67. The molecule has 2 bridgehead atoms. The van der Waals surface area contributed by atoms with Crippen molar-refractivity contribution in [2.75, 3.05) is 5.75 Å². The van der Waals surface area contributed by atoms with Crippen molar-refractivity contribution >= 4 is 29.4 Å². The summed E-state index contributed by atoms with van der Waals surface area (Å²) < 4.78 is 0. The van der Waals surface area contributed by atoms with Gasteiger partial charge in [-0.15, -0.1) is 0 Å². The zero-order chi connectivity index (χ0) is 9.87. The number of ketones is 1. The molecule has 5 heteroatoms. The van der Waals surface area contributed by atoms with E-state index in [4.69, 9.17) is 0 Å². The number of hydrogen-bond acceptors (Lipinski definition) is 4. The maximum absolute atomic E-state index is 11.5. The molecule has 4 aliphatic rings. The van der Waals surface area contributed by atoms with Gasteiger partial charge in [0.2, 0.25) is 11.8 Å². The first-order chi connectivity index (χ1) is 6.68. The number of imide groups is 1. The summed E-state index contributed by atoms with van der Waals surface area (Å²) in [5, 5.41) is 2.38. The van der Waals surface area contributed by atoms with Crippen LogP contribution >= 0.6 is 11.8 Å². The molecule has 1 N–H and O–H groups in total. The van der Waals surface area contributed by atoms with Crippen molar-refractivity contribution < 1.29 is 14.4 Å².